The molecule has 2 aromatic carbocycles. The van der Waals surface area contributed by atoms with Crippen LogP contribution in [0.2, 0.25) is 0 Å². The third kappa shape index (κ3) is 3.60. The number of carbonyl (C=O) groups excluding carboxylic acids is 2. The van der Waals surface area contributed by atoms with Crippen LogP contribution in [0.25, 0.3) is 10.9 Å². The first-order valence-corrected chi connectivity index (χ1v) is 9.57. The van der Waals surface area contributed by atoms with Gasteiger partial charge in [0.25, 0.3) is 5.91 Å². The van der Waals surface area contributed by atoms with Crippen LogP contribution in [0.3, 0.4) is 0 Å². The molecular formula is C23H23N3O2. The van der Waals surface area contributed by atoms with Crippen LogP contribution < -0.4 is 10.2 Å². The smallest absolute Gasteiger partial charge is 0.253 e. The molecule has 0 radical (unpaired) electrons. The SMILES string of the molecule is Cc1ccc2nc(C)c(C(=O)NCc3ccc(N4CCCC4=O)cc3)cc2c1. The number of amides is 2. The van der Waals surface area contributed by atoms with Gasteiger partial charge in [0.15, 0.2) is 0 Å². The van der Waals surface area contributed by atoms with Gasteiger partial charge in [0, 0.05) is 30.6 Å². The van der Waals surface area contributed by atoms with Gasteiger partial charge in [0.05, 0.1) is 16.8 Å². The first-order valence-electron chi connectivity index (χ1n) is 9.57. The summed E-state index contributed by atoms with van der Waals surface area (Å²) in [4.78, 5) is 30.9. The summed E-state index contributed by atoms with van der Waals surface area (Å²) in [7, 11) is 0. The maximum Gasteiger partial charge on any atom is 0.253 e. The van der Waals surface area contributed by atoms with Crippen molar-refractivity contribution in [2.45, 2.75) is 33.2 Å². The molecule has 2 amide bonds. The van der Waals surface area contributed by atoms with Crippen molar-refractivity contribution < 1.29 is 9.59 Å². The fourth-order valence-electron chi connectivity index (χ4n) is 3.61. The van der Waals surface area contributed by atoms with E-state index < -0.39 is 0 Å². The molecule has 1 saturated heterocycles. The van der Waals surface area contributed by atoms with Crippen LogP contribution in [0.15, 0.2) is 48.5 Å². The molecule has 0 spiro atoms. The van der Waals surface area contributed by atoms with Crippen LogP contribution in [0.5, 0.6) is 0 Å². The molecule has 0 atom stereocenters. The van der Waals surface area contributed by atoms with Gasteiger partial charge < -0.3 is 10.2 Å². The zero-order valence-electron chi connectivity index (χ0n) is 16.2. The Morgan fingerprint density at radius 1 is 1.11 bits per heavy atom. The van der Waals surface area contributed by atoms with Crippen molar-refractivity contribution in [2.24, 2.45) is 0 Å². The average molecular weight is 373 g/mol. The molecule has 0 aliphatic carbocycles. The van der Waals surface area contributed by atoms with Gasteiger partial charge in [-0.05, 0) is 56.2 Å². The van der Waals surface area contributed by atoms with Crippen LogP contribution in [0, 0.1) is 13.8 Å². The first-order chi connectivity index (χ1) is 13.5. The third-order valence-corrected chi connectivity index (χ3v) is 5.18. The van der Waals surface area contributed by atoms with Gasteiger partial charge >= 0.3 is 0 Å². The second kappa shape index (κ2) is 7.43. The average Bonchev–Trinajstić information content (AvgIpc) is 3.12. The fourth-order valence-corrected chi connectivity index (χ4v) is 3.61. The Morgan fingerprint density at radius 2 is 1.89 bits per heavy atom. The molecular weight excluding hydrogens is 350 g/mol. The van der Waals surface area contributed by atoms with E-state index in [4.69, 9.17) is 0 Å². The minimum absolute atomic E-state index is 0.132. The van der Waals surface area contributed by atoms with Crippen molar-refractivity contribution in [3.05, 3.63) is 70.9 Å². The summed E-state index contributed by atoms with van der Waals surface area (Å²) in [6.45, 7) is 5.09. The Morgan fingerprint density at radius 3 is 2.61 bits per heavy atom. The molecule has 5 heteroatoms. The van der Waals surface area contributed by atoms with Crippen LogP contribution >= 0.6 is 0 Å². The number of nitrogens with zero attached hydrogens (tertiary/aromatic N) is 2. The number of hydrogen-bond acceptors (Lipinski definition) is 3. The Hall–Kier alpha value is -3.21. The summed E-state index contributed by atoms with van der Waals surface area (Å²) in [6.07, 6.45) is 1.53. The van der Waals surface area contributed by atoms with Crippen molar-refractivity contribution >= 4 is 28.4 Å². The first kappa shape index (κ1) is 18.2. The molecule has 1 aliphatic rings. The van der Waals surface area contributed by atoms with Crippen LogP contribution in [0.1, 0.15) is 40.0 Å². The summed E-state index contributed by atoms with van der Waals surface area (Å²) in [5.74, 6) is 0.0442. The molecule has 1 aromatic heterocycles. The van der Waals surface area contributed by atoms with Crippen molar-refractivity contribution in [3.8, 4) is 0 Å². The zero-order valence-corrected chi connectivity index (χ0v) is 16.2. The predicted molar refractivity (Wildman–Crippen MR) is 110 cm³/mol. The number of hydrogen-bond donors (Lipinski definition) is 1. The Kier molecular flexibility index (Phi) is 4.82. The van der Waals surface area contributed by atoms with Crippen molar-refractivity contribution in [3.63, 3.8) is 0 Å². The topological polar surface area (TPSA) is 62.3 Å². The lowest BCUT2D eigenvalue weighted by Gasteiger charge is -2.16. The Bertz CT molecular complexity index is 1060. The number of benzene rings is 2. The largest absolute Gasteiger partial charge is 0.348 e. The molecule has 1 N–H and O–H groups in total. The lowest BCUT2D eigenvalue weighted by atomic mass is 10.1. The summed E-state index contributed by atoms with van der Waals surface area (Å²) >= 11 is 0. The zero-order chi connectivity index (χ0) is 19.7. The minimum atomic E-state index is -0.132. The molecule has 2 heterocycles. The van der Waals surface area contributed by atoms with E-state index in [0.717, 1.165) is 46.4 Å². The quantitative estimate of drug-likeness (QED) is 0.754. The maximum absolute atomic E-state index is 12.7. The van der Waals surface area contributed by atoms with Crippen molar-refractivity contribution in [1.29, 1.82) is 0 Å². The predicted octanol–water partition coefficient (Wildman–Crippen LogP) is 3.91. The number of aromatic nitrogens is 1. The Labute approximate surface area is 164 Å². The highest BCUT2D eigenvalue weighted by atomic mass is 16.2. The number of pyridine rings is 1. The van der Waals surface area contributed by atoms with Crippen LogP contribution in [0.4, 0.5) is 5.69 Å². The number of carbonyl (C=O) groups is 2. The number of fused-ring (bicyclic) bond motifs is 1. The van der Waals surface area contributed by atoms with Gasteiger partial charge in [-0.2, -0.15) is 0 Å². The molecule has 28 heavy (non-hydrogen) atoms. The lowest BCUT2D eigenvalue weighted by molar-refractivity contribution is -0.117. The molecule has 5 nitrogen and oxygen atoms in total. The van der Waals surface area contributed by atoms with Gasteiger partial charge in [-0.15, -0.1) is 0 Å². The van der Waals surface area contributed by atoms with E-state index in [0.29, 0.717) is 18.5 Å². The van der Waals surface area contributed by atoms with E-state index in [9.17, 15) is 9.59 Å². The van der Waals surface area contributed by atoms with Gasteiger partial charge in [-0.3, -0.25) is 14.6 Å². The summed E-state index contributed by atoms with van der Waals surface area (Å²) in [5, 5.41) is 3.94. The summed E-state index contributed by atoms with van der Waals surface area (Å²) in [6, 6.07) is 15.7. The summed E-state index contributed by atoms with van der Waals surface area (Å²) < 4.78 is 0. The van der Waals surface area contributed by atoms with Gasteiger partial charge in [0.1, 0.15) is 0 Å². The van der Waals surface area contributed by atoms with E-state index in [2.05, 4.69) is 10.3 Å². The molecule has 4 rings (SSSR count). The Balaban J connectivity index is 1.46. The van der Waals surface area contributed by atoms with Gasteiger partial charge in [0.2, 0.25) is 5.91 Å². The monoisotopic (exact) mass is 373 g/mol. The fraction of sp³-hybridized carbons (Fsp3) is 0.261. The second-order valence-electron chi connectivity index (χ2n) is 7.32. The van der Waals surface area contributed by atoms with E-state index in [1.165, 1.54) is 0 Å². The molecule has 0 bridgehead atoms. The van der Waals surface area contributed by atoms with Crippen LogP contribution in [-0.4, -0.2) is 23.3 Å². The molecule has 3 aromatic rings. The molecule has 142 valence electrons. The highest BCUT2D eigenvalue weighted by molar-refractivity contribution is 5.98. The van der Waals surface area contributed by atoms with E-state index in [1.807, 2.05) is 67.3 Å². The molecule has 1 fully saturated rings. The van der Waals surface area contributed by atoms with Crippen molar-refractivity contribution in [1.82, 2.24) is 10.3 Å². The minimum Gasteiger partial charge on any atom is -0.348 e. The van der Waals surface area contributed by atoms with E-state index >= 15 is 0 Å². The van der Waals surface area contributed by atoms with Gasteiger partial charge in [-0.25, -0.2) is 0 Å². The van der Waals surface area contributed by atoms with E-state index in [1.54, 1.807) is 0 Å². The second-order valence-corrected chi connectivity index (χ2v) is 7.32. The normalized spacial score (nSPS) is 13.9. The molecule has 1 aliphatic heterocycles. The third-order valence-electron chi connectivity index (χ3n) is 5.18. The van der Waals surface area contributed by atoms with Crippen molar-refractivity contribution in [2.75, 3.05) is 11.4 Å². The van der Waals surface area contributed by atoms with E-state index in [-0.39, 0.29) is 11.8 Å². The number of aryl methyl sites for hydroxylation is 2. The molecule has 0 saturated carbocycles. The number of rotatable bonds is 4. The van der Waals surface area contributed by atoms with Gasteiger partial charge in [-0.1, -0.05) is 23.8 Å². The number of nitrogens with one attached hydrogen (secondary N) is 1. The standard InChI is InChI=1S/C23H23N3O2/c1-15-5-10-21-18(12-15)13-20(16(2)25-21)23(28)24-14-17-6-8-19(9-7-17)26-11-3-4-22(26)27/h5-10,12-13H,3-4,11,14H2,1-2H3,(H,24,28). The highest BCUT2D eigenvalue weighted by Gasteiger charge is 2.21. The lowest BCUT2D eigenvalue weighted by Crippen LogP contribution is -2.25. The highest BCUT2D eigenvalue weighted by Crippen LogP contribution is 2.22. The van der Waals surface area contributed by atoms with Crippen LogP contribution in [-0.2, 0) is 11.3 Å². The summed E-state index contributed by atoms with van der Waals surface area (Å²) in [5.41, 5.74) is 5.26. The molecule has 0 unspecified atom stereocenters. The number of anilines is 1. The maximum atomic E-state index is 12.7.